The van der Waals surface area contributed by atoms with E-state index in [1.807, 2.05) is 6.92 Å². The molecule has 1 heterocycles. The molecule has 0 aliphatic rings. The van der Waals surface area contributed by atoms with Crippen LogP contribution in [-0.2, 0) is 11.3 Å². The van der Waals surface area contributed by atoms with Crippen LogP contribution in [0.4, 0.5) is 8.78 Å². The van der Waals surface area contributed by atoms with Gasteiger partial charge in [-0.05, 0) is 30.7 Å². The predicted molar refractivity (Wildman–Crippen MR) is 90.9 cm³/mol. The number of halogens is 2. The molecule has 0 radical (unpaired) electrons. The van der Waals surface area contributed by atoms with Crippen LogP contribution in [-0.4, -0.2) is 21.7 Å². The van der Waals surface area contributed by atoms with Gasteiger partial charge in [-0.25, -0.2) is 13.5 Å². The SMILES string of the molecule is CC[C@@H](Cn1nc(-c2ccc(F)c(F)c2)ccc1=O)NC(=O)C(C)C. The van der Waals surface area contributed by atoms with E-state index in [0.29, 0.717) is 17.7 Å². The lowest BCUT2D eigenvalue weighted by atomic mass is 10.1. The van der Waals surface area contributed by atoms with Gasteiger partial charge in [0.1, 0.15) is 0 Å². The number of benzene rings is 1. The fourth-order valence-corrected chi connectivity index (χ4v) is 2.24. The molecule has 1 atom stereocenters. The molecule has 7 heteroatoms. The van der Waals surface area contributed by atoms with Crippen molar-refractivity contribution in [1.82, 2.24) is 15.1 Å². The van der Waals surface area contributed by atoms with E-state index in [0.717, 1.165) is 12.1 Å². The Kier molecular flexibility index (Phi) is 6.01. The standard InChI is InChI=1S/C18H21F2N3O2/c1-4-13(21-18(25)11(2)3)10-23-17(24)8-7-16(22-23)12-5-6-14(19)15(20)9-12/h5-9,11,13H,4,10H2,1-3H3,(H,21,25)/t13-/m0/s1. The summed E-state index contributed by atoms with van der Waals surface area (Å²) in [5.74, 6) is -2.18. The van der Waals surface area contributed by atoms with Crippen molar-refractivity contribution in [2.75, 3.05) is 0 Å². The molecule has 0 saturated heterocycles. The van der Waals surface area contributed by atoms with Crippen LogP contribution in [0.2, 0.25) is 0 Å². The highest BCUT2D eigenvalue weighted by atomic mass is 19.2. The minimum Gasteiger partial charge on any atom is -0.351 e. The second-order valence-corrected chi connectivity index (χ2v) is 6.14. The van der Waals surface area contributed by atoms with Gasteiger partial charge in [-0.2, -0.15) is 5.10 Å². The van der Waals surface area contributed by atoms with Gasteiger partial charge in [0, 0.05) is 23.6 Å². The molecule has 0 fully saturated rings. The number of nitrogens with zero attached hydrogens (tertiary/aromatic N) is 2. The van der Waals surface area contributed by atoms with Gasteiger partial charge in [0.2, 0.25) is 5.91 Å². The fourth-order valence-electron chi connectivity index (χ4n) is 2.24. The largest absolute Gasteiger partial charge is 0.351 e. The molecule has 0 aliphatic carbocycles. The molecule has 1 N–H and O–H groups in total. The maximum atomic E-state index is 13.4. The lowest BCUT2D eigenvalue weighted by Crippen LogP contribution is -2.42. The van der Waals surface area contributed by atoms with Gasteiger partial charge in [-0.3, -0.25) is 9.59 Å². The van der Waals surface area contributed by atoms with Crippen molar-refractivity contribution in [3.63, 3.8) is 0 Å². The summed E-state index contributed by atoms with van der Waals surface area (Å²) in [6.07, 6.45) is 0.627. The lowest BCUT2D eigenvalue weighted by Gasteiger charge is -2.19. The van der Waals surface area contributed by atoms with Crippen molar-refractivity contribution < 1.29 is 13.6 Å². The van der Waals surface area contributed by atoms with Crippen molar-refractivity contribution in [1.29, 1.82) is 0 Å². The Morgan fingerprint density at radius 2 is 1.92 bits per heavy atom. The summed E-state index contributed by atoms with van der Waals surface area (Å²) < 4.78 is 27.7. The molecule has 0 spiro atoms. The van der Waals surface area contributed by atoms with Crippen molar-refractivity contribution >= 4 is 5.91 Å². The number of carbonyl (C=O) groups excluding carboxylic acids is 1. The molecule has 0 unspecified atom stereocenters. The van der Waals surface area contributed by atoms with E-state index in [9.17, 15) is 18.4 Å². The van der Waals surface area contributed by atoms with E-state index in [1.54, 1.807) is 13.8 Å². The summed E-state index contributed by atoms with van der Waals surface area (Å²) in [4.78, 5) is 23.9. The summed E-state index contributed by atoms with van der Waals surface area (Å²) in [6.45, 7) is 5.67. The van der Waals surface area contributed by atoms with Gasteiger partial charge in [0.15, 0.2) is 11.6 Å². The topological polar surface area (TPSA) is 64.0 Å². The highest BCUT2D eigenvalue weighted by Gasteiger charge is 2.15. The zero-order valence-electron chi connectivity index (χ0n) is 14.4. The first-order valence-corrected chi connectivity index (χ1v) is 8.15. The van der Waals surface area contributed by atoms with Crippen molar-refractivity contribution in [3.8, 4) is 11.3 Å². The minimum absolute atomic E-state index is 0.100. The zero-order valence-corrected chi connectivity index (χ0v) is 14.4. The number of rotatable bonds is 6. The number of hydrogen-bond donors (Lipinski definition) is 1. The first-order chi connectivity index (χ1) is 11.8. The molecule has 2 rings (SSSR count). The molecule has 25 heavy (non-hydrogen) atoms. The van der Waals surface area contributed by atoms with Crippen LogP contribution in [0.15, 0.2) is 35.1 Å². The van der Waals surface area contributed by atoms with Crippen LogP contribution < -0.4 is 10.9 Å². The highest BCUT2D eigenvalue weighted by Crippen LogP contribution is 2.18. The van der Waals surface area contributed by atoms with E-state index in [-0.39, 0.29) is 30.0 Å². The van der Waals surface area contributed by atoms with Crippen LogP contribution in [0.5, 0.6) is 0 Å². The molecule has 1 aromatic carbocycles. The van der Waals surface area contributed by atoms with Gasteiger partial charge in [-0.15, -0.1) is 0 Å². The molecule has 134 valence electrons. The summed E-state index contributed by atoms with van der Waals surface area (Å²) in [5.41, 5.74) is 0.388. The van der Waals surface area contributed by atoms with E-state index < -0.39 is 11.6 Å². The zero-order chi connectivity index (χ0) is 18.6. The highest BCUT2D eigenvalue weighted by molar-refractivity contribution is 5.78. The van der Waals surface area contributed by atoms with E-state index in [1.165, 1.54) is 22.9 Å². The molecule has 0 saturated carbocycles. The molecular formula is C18H21F2N3O2. The second-order valence-electron chi connectivity index (χ2n) is 6.14. The van der Waals surface area contributed by atoms with Gasteiger partial charge >= 0.3 is 0 Å². The van der Waals surface area contributed by atoms with E-state index in [2.05, 4.69) is 10.4 Å². The van der Waals surface area contributed by atoms with Gasteiger partial charge in [0.05, 0.1) is 12.2 Å². The Morgan fingerprint density at radius 1 is 1.20 bits per heavy atom. The number of carbonyl (C=O) groups is 1. The average Bonchev–Trinajstić information content (AvgIpc) is 2.58. The summed E-state index contributed by atoms with van der Waals surface area (Å²) in [6, 6.07) is 5.97. The summed E-state index contributed by atoms with van der Waals surface area (Å²) in [5, 5.41) is 7.09. The molecule has 0 aliphatic heterocycles. The minimum atomic E-state index is -0.979. The first-order valence-electron chi connectivity index (χ1n) is 8.15. The maximum Gasteiger partial charge on any atom is 0.266 e. The van der Waals surface area contributed by atoms with Gasteiger partial charge in [-0.1, -0.05) is 20.8 Å². The number of aromatic nitrogens is 2. The third kappa shape index (κ3) is 4.71. The molecule has 5 nitrogen and oxygen atoms in total. The normalized spacial score (nSPS) is 12.2. The van der Waals surface area contributed by atoms with Crippen LogP contribution in [0.3, 0.4) is 0 Å². The van der Waals surface area contributed by atoms with Crippen molar-refractivity contribution in [3.05, 3.63) is 52.3 Å². The Morgan fingerprint density at radius 3 is 2.52 bits per heavy atom. The number of amides is 1. The molecular weight excluding hydrogens is 328 g/mol. The Balaban J connectivity index is 2.27. The van der Waals surface area contributed by atoms with E-state index in [4.69, 9.17) is 0 Å². The van der Waals surface area contributed by atoms with Crippen LogP contribution in [0, 0.1) is 17.6 Å². The number of hydrogen-bond acceptors (Lipinski definition) is 3. The van der Waals surface area contributed by atoms with Crippen molar-refractivity contribution in [2.24, 2.45) is 5.92 Å². The molecule has 2 aromatic rings. The fraction of sp³-hybridized carbons (Fsp3) is 0.389. The first kappa shape index (κ1) is 18.8. The monoisotopic (exact) mass is 349 g/mol. The quantitative estimate of drug-likeness (QED) is 0.872. The average molecular weight is 349 g/mol. The number of nitrogens with one attached hydrogen (secondary N) is 1. The third-order valence-corrected chi connectivity index (χ3v) is 3.84. The Labute approximate surface area is 144 Å². The smallest absolute Gasteiger partial charge is 0.266 e. The maximum absolute atomic E-state index is 13.4. The van der Waals surface area contributed by atoms with Crippen LogP contribution >= 0.6 is 0 Å². The summed E-state index contributed by atoms with van der Waals surface area (Å²) >= 11 is 0. The van der Waals surface area contributed by atoms with E-state index >= 15 is 0 Å². The van der Waals surface area contributed by atoms with Crippen LogP contribution in [0.1, 0.15) is 27.2 Å². The van der Waals surface area contributed by atoms with Gasteiger partial charge in [0.25, 0.3) is 5.56 Å². The molecule has 1 amide bonds. The molecule has 1 aromatic heterocycles. The van der Waals surface area contributed by atoms with Crippen molar-refractivity contribution in [2.45, 2.75) is 39.8 Å². The van der Waals surface area contributed by atoms with Crippen LogP contribution in [0.25, 0.3) is 11.3 Å². The molecule has 0 bridgehead atoms. The Bertz CT molecular complexity index is 818. The third-order valence-electron chi connectivity index (χ3n) is 3.84. The second kappa shape index (κ2) is 8.00. The lowest BCUT2D eigenvalue weighted by molar-refractivity contribution is -0.124. The predicted octanol–water partition coefficient (Wildman–Crippen LogP) is 2.74. The van der Waals surface area contributed by atoms with Gasteiger partial charge < -0.3 is 5.32 Å². The summed E-state index contributed by atoms with van der Waals surface area (Å²) in [7, 11) is 0. The Hall–Kier alpha value is -2.57.